The number of hydrogen-bond donors (Lipinski definition) is 0. The van der Waals surface area contributed by atoms with Crippen LogP contribution < -0.4 is 0 Å². The number of nitrogens with zero attached hydrogens (tertiary/aromatic N) is 3. The second-order valence-corrected chi connectivity index (χ2v) is 9.48. The van der Waals surface area contributed by atoms with E-state index in [0.717, 1.165) is 37.3 Å². The number of piperidine rings is 1. The van der Waals surface area contributed by atoms with Gasteiger partial charge in [-0.05, 0) is 45.4 Å². The molecular formula is C19H29N3O3S. The number of aryl methyl sites for hydroxylation is 2. The van der Waals surface area contributed by atoms with Gasteiger partial charge in [0.2, 0.25) is 15.9 Å². The molecular weight excluding hydrogens is 350 g/mol. The van der Waals surface area contributed by atoms with Crippen molar-refractivity contribution in [2.45, 2.75) is 31.6 Å². The number of sulfonamides is 1. The van der Waals surface area contributed by atoms with Crippen LogP contribution in [0.25, 0.3) is 0 Å². The Morgan fingerprint density at radius 2 is 1.62 bits per heavy atom. The third-order valence-corrected chi connectivity index (χ3v) is 7.63. The van der Waals surface area contributed by atoms with Crippen LogP contribution in [-0.2, 0) is 14.8 Å². The van der Waals surface area contributed by atoms with E-state index in [0.29, 0.717) is 30.8 Å². The fraction of sp³-hybridized carbons (Fsp3) is 0.632. The van der Waals surface area contributed by atoms with E-state index in [1.807, 2.05) is 30.9 Å². The maximum absolute atomic E-state index is 13.0. The smallest absolute Gasteiger partial charge is 0.243 e. The molecule has 3 rings (SSSR count). The number of carbonyl (C=O) groups is 1. The van der Waals surface area contributed by atoms with Crippen LogP contribution >= 0.6 is 0 Å². The van der Waals surface area contributed by atoms with Crippen LogP contribution in [0.3, 0.4) is 0 Å². The number of likely N-dealkylation sites (N-methyl/N-ethyl adjacent to an activating group) is 1. The maximum Gasteiger partial charge on any atom is 0.243 e. The van der Waals surface area contributed by atoms with E-state index in [1.165, 1.54) is 0 Å². The largest absolute Gasteiger partial charge is 0.340 e. The fourth-order valence-electron chi connectivity index (χ4n) is 3.86. The molecule has 0 atom stereocenters. The number of hydrogen-bond acceptors (Lipinski definition) is 4. The zero-order valence-electron chi connectivity index (χ0n) is 15.9. The minimum Gasteiger partial charge on any atom is -0.340 e. The lowest BCUT2D eigenvalue weighted by atomic mass is 9.96. The van der Waals surface area contributed by atoms with Crippen molar-refractivity contribution in [3.63, 3.8) is 0 Å². The van der Waals surface area contributed by atoms with Gasteiger partial charge < -0.3 is 9.80 Å². The van der Waals surface area contributed by atoms with Gasteiger partial charge in [0.05, 0.1) is 4.90 Å². The summed E-state index contributed by atoms with van der Waals surface area (Å²) in [5, 5.41) is 0. The zero-order chi connectivity index (χ0) is 18.9. The molecule has 2 fully saturated rings. The molecule has 7 heteroatoms. The lowest BCUT2D eigenvalue weighted by molar-refractivity contribution is -0.138. The van der Waals surface area contributed by atoms with Crippen LogP contribution in [0.1, 0.15) is 24.0 Å². The predicted octanol–water partition coefficient (Wildman–Crippen LogP) is 1.48. The number of rotatable bonds is 3. The van der Waals surface area contributed by atoms with E-state index in [9.17, 15) is 13.2 Å². The monoisotopic (exact) mass is 379 g/mol. The summed E-state index contributed by atoms with van der Waals surface area (Å²) < 4.78 is 27.5. The second-order valence-electron chi connectivity index (χ2n) is 7.58. The van der Waals surface area contributed by atoms with Gasteiger partial charge >= 0.3 is 0 Å². The van der Waals surface area contributed by atoms with E-state index >= 15 is 0 Å². The molecule has 6 nitrogen and oxygen atoms in total. The molecule has 2 saturated heterocycles. The Hall–Kier alpha value is -1.44. The first kappa shape index (κ1) is 19.3. The Balaban J connectivity index is 1.63. The van der Waals surface area contributed by atoms with Gasteiger partial charge in [0.15, 0.2) is 0 Å². The first-order valence-corrected chi connectivity index (χ1v) is 10.8. The highest BCUT2D eigenvalue weighted by Gasteiger charge is 2.34. The first-order chi connectivity index (χ1) is 12.3. The minimum atomic E-state index is -3.49. The zero-order valence-corrected chi connectivity index (χ0v) is 16.8. The normalized spacial score (nSPS) is 21.1. The Labute approximate surface area is 156 Å². The number of piperazine rings is 1. The average molecular weight is 380 g/mol. The molecule has 2 aliphatic rings. The van der Waals surface area contributed by atoms with Crippen molar-refractivity contribution in [1.29, 1.82) is 0 Å². The van der Waals surface area contributed by atoms with Gasteiger partial charge in [-0.2, -0.15) is 4.31 Å². The topological polar surface area (TPSA) is 60.9 Å². The minimum absolute atomic E-state index is 0.0519. The molecule has 1 aromatic rings. The molecule has 0 saturated carbocycles. The van der Waals surface area contributed by atoms with E-state index in [-0.39, 0.29) is 11.8 Å². The highest BCUT2D eigenvalue weighted by molar-refractivity contribution is 7.89. The molecule has 0 bridgehead atoms. The second kappa shape index (κ2) is 7.66. The fourth-order valence-corrected chi connectivity index (χ4v) is 5.53. The van der Waals surface area contributed by atoms with Crippen molar-refractivity contribution in [2.75, 3.05) is 46.3 Å². The molecule has 0 spiro atoms. The van der Waals surface area contributed by atoms with Crippen molar-refractivity contribution < 1.29 is 13.2 Å². The van der Waals surface area contributed by atoms with Gasteiger partial charge in [0, 0.05) is 45.2 Å². The van der Waals surface area contributed by atoms with Gasteiger partial charge in [-0.1, -0.05) is 17.7 Å². The summed E-state index contributed by atoms with van der Waals surface area (Å²) in [6.45, 7) is 7.99. The van der Waals surface area contributed by atoms with Crippen LogP contribution in [0.2, 0.25) is 0 Å². The first-order valence-electron chi connectivity index (χ1n) is 9.34. The van der Waals surface area contributed by atoms with Gasteiger partial charge in [-0.3, -0.25) is 4.79 Å². The van der Waals surface area contributed by atoms with Crippen LogP contribution in [0.5, 0.6) is 0 Å². The van der Waals surface area contributed by atoms with Gasteiger partial charge in [0.1, 0.15) is 0 Å². The summed E-state index contributed by atoms with van der Waals surface area (Å²) in [5.41, 5.74) is 1.83. The quantitative estimate of drug-likeness (QED) is 0.798. The number of amides is 1. The standard InChI is InChI=1S/C19H29N3O3S/c1-15-4-5-18(16(2)14-15)26(24,25)22-8-6-17(7-9-22)19(23)21-12-10-20(3)11-13-21/h4-5,14,17H,6-13H2,1-3H3. The molecule has 26 heavy (non-hydrogen) atoms. The van der Waals surface area contributed by atoms with Crippen LogP contribution in [0.15, 0.2) is 23.1 Å². The summed E-state index contributed by atoms with van der Waals surface area (Å²) in [6.07, 6.45) is 1.21. The summed E-state index contributed by atoms with van der Waals surface area (Å²) in [4.78, 5) is 17.3. The number of carbonyl (C=O) groups excluding carboxylic acids is 1. The Morgan fingerprint density at radius 1 is 1.00 bits per heavy atom. The molecule has 2 aliphatic heterocycles. The van der Waals surface area contributed by atoms with Gasteiger partial charge in [0.25, 0.3) is 0 Å². The molecule has 1 amide bonds. The summed E-state index contributed by atoms with van der Waals surface area (Å²) in [5.74, 6) is 0.144. The van der Waals surface area contributed by atoms with Gasteiger partial charge in [-0.25, -0.2) is 8.42 Å². The molecule has 1 aromatic carbocycles. The highest BCUT2D eigenvalue weighted by atomic mass is 32.2. The van der Waals surface area contributed by atoms with E-state index < -0.39 is 10.0 Å². The molecule has 0 N–H and O–H groups in total. The SMILES string of the molecule is Cc1ccc(S(=O)(=O)N2CCC(C(=O)N3CCN(C)CC3)CC2)c(C)c1. The van der Waals surface area contributed by atoms with Crippen molar-refractivity contribution in [3.05, 3.63) is 29.3 Å². The Kier molecular flexibility index (Phi) is 5.69. The highest BCUT2D eigenvalue weighted by Crippen LogP contribution is 2.27. The number of benzene rings is 1. The molecule has 144 valence electrons. The maximum atomic E-state index is 13.0. The molecule has 0 unspecified atom stereocenters. The van der Waals surface area contributed by atoms with Gasteiger partial charge in [-0.15, -0.1) is 0 Å². The molecule has 0 aliphatic carbocycles. The average Bonchev–Trinajstić information content (AvgIpc) is 2.61. The third-order valence-electron chi connectivity index (χ3n) is 5.57. The van der Waals surface area contributed by atoms with E-state index in [1.54, 1.807) is 10.4 Å². The molecule has 0 aromatic heterocycles. The summed E-state index contributed by atoms with van der Waals surface area (Å²) in [6, 6.07) is 5.43. The van der Waals surface area contributed by atoms with Crippen molar-refractivity contribution in [1.82, 2.24) is 14.1 Å². The van der Waals surface area contributed by atoms with E-state index in [4.69, 9.17) is 0 Å². The van der Waals surface area contributed by atoms with E-state index in [2.05, 4.69) is 11.9 Å². The van der Waals surface area contributed by atoms with Crippen molar-refractivity contribution in [3.8, 4) is 0 Å². The van der Waals surface area contributed by atoms with Crippen LogP contribution in [0.4, 0.5) is 0 Å². The predicted molar refractivity (Wildman–Crippen MR) is 101 cm³/mol. The molecule has 2 heterocycles. The third kappa shape index (κ3) is 3.94. The van der Waals surface area contributed by atoms with Crippen LogP contribution in [-0.4, -0.2) is 74.7 Å². The lowest BCUT2D eigenvalue weighted by Crippen LogP contribution is -2.51. The Morgan fingerprint density at radius 3 is 2.19 bits per heavy atom. The summed E-state index contributed by atoms with van der Waals surface area (Å²) in [7, 11) is -1.42. The summed E-state index contributed by atoms with van der Waals surface area (Å²) >= 11 is 0. The van der Waals surface area contributed by atoms with Crippen molar-refractivity contribution >= 4 is 15.9 Å². The Bertz CT molecular complexity index is 762. The lowest BCUT2D eigenvalue weighted by Gasteiger charge is -2.37. The van der Waals surface area contributed by atoms with Crippen molar-refractivity contribution in [2.24, 2.45) is 5.92 Å². The molecule has 0 radical (unpaired) electrons. The van der Waals surface area contributed by atoms with Crippen LogP contribution in [0, 0.1) is 19.8 Å².